The standard InChI is InChI=1S/C14H10F2OS/c15-12-7-6-10(14(17)18)11(13(12)16)8-9-4-2-1-3-5-9/h1-7H,8H2,(H,17,18). The van der Waals surface area contributed by atoms with Crippen LogP contribution in [-0.2, 0) is 6.42 Å². The van der Waals surface area contributed by atoms with Crippen molar-refractivity contribution in [1.82, 2.24) is 0 Å². The number of carbonyl (C=O) groups is 1. The van der Waals surface area contributed by atoms with Crippen molar-refractivity contribution in [3.63, 3.8) is 0 Å². The molecule has 0 N–H and O–H groups in total. The third kappa shape index (κ3) is 2.59. The van der Waals surface area contributed by atoms with E-state index in [9.17, 15) is 13.6 Å². The summed E-state index contributed by atoms with van der Waals surface area (Å²) in [5.74, 6) is -1.95. The maximum Gasteiger partial charge on any atom is 0.216 e. The smallest absolute Gasteiger partial charge is 0.216 e. The SMILES string of the molecule is O=C(S)c1ccc(F)c(F)c1Cc1ccccc1. The van der Waals surface area contributed by atoms with Crippen LogP contribution in [0.25, 0.3) is 0 Å². The Labute approximate surface area is 109 Å². The van der Waals surface area contributed by atoms with Crippen molar-refractivity contribution in [2.75, 3.05) is 0 Å². The van der Waals surface area contributed by atoms with Crippen molar-refractivity contribution >= 4 is 17.7 Å². The Hall–Kier alpha value is -1.68. The molecule has 0 aliphatic carbocycles. The van der Waals surface area contributed by atoms with Gasteiger partial charge in [0.25, 0.3) is 0 Å². The molecule has 0 radical (unpaired) electrons. The number of thiol groups is 1. The summed E-state index contributed by atoms with van der Waals surface area (Å²) in [6.45, 7) is 0. The molecule has 0 atom stereocenters. The van der Waals surface area contributed by atoms with E-state index in [0.29, 0.717) is 0 Å². The van der Waals surface area contributed by atoms with Crippen LogP contribution in [0.3, 0.4) is 0 Å². The number of halogens is 2. The molecular weight excluding hydrogens is 254 g/mol. The molecule has 0 unspecified atom stereocenters. The summed E-state index contributed by atoms with van der Waals surface area (Å²) in [4.78, 5) is 11.3. The van der Waals surface area contributed by atoms with E-state index in [4.69, 9.17) is 0 Å². The first-order valence-corrected chi connectivity index (χ1v) is 5.78. The Morgan fingerprint density at radius 3 is 2.33 bits per heavy atom. The first-order chi connectivity index (χ1) is 8.59. The van der Waals surface area contributed by atoms with Crippen LogP contribution < -0.4 is 0 Å². The fourth-order valence-electron chi connectivity index (χ4n) is 1.77. The number of benzene rings is 2. The van der Waals surface area contributed by atoms with Gasteiger partial charge < -0.3 is 0 Å². The highest BCUT2D eigenvalue weighted by Crippen LogP contribution is 2.21. The highest BCUT2D eigenvalue weighted by Gasteiger charge is 2.16. The van der Waals surface area contributed by atoms with E-state index < -0.39 is 16.7 Å². The second kappa shape index (κ2) is 5.31. The Kier molecular flexibility index (Phi) is 3.77. The van der Waals surface area contributed by atoms with Crippen LogP contribution in [-0.4, -0.2) is 5.12 Å². The highest BCUT2D eigenvalue weighted by atomic mass is 32.1. The van der Waals surface area contributed by atoms with Crippen LogP contribution in [0.2, 0.25) is 0 Å². The minimum absolute atomic E-state index is 0.0428. The number of hydrogen-bond donors (Lipinski definition) is 1. The van der Waals surface area contributed by atoms with Gasteiger partial charge in [-0.25, -0.2) is 8.78 Å². The Morgan fingerprint density at radius 2 is 1.72 bits per heavy atom. The van der Waals surface area contributed by atoms with Crippen molar-refractivity contribution in [2.45, 2.75) is 6.42 Å². The monoisotopic (exact) mass is 264 g/mol. The van der Waals surface area contributed by atoms with Crippen LogP contribution >= 0.6 is 12.6 Å². The third-order valence-electron chi connectivity index (χ3n) is 2.65. The Balaban J connectivity index is 2.48. The zero-order valence-corrected chi connectivity index (χ0v) is 10.3. The predicted molar refractivity (Wildman–Crippen MR) is 68.9 cm³/mol. The van der Waals surface area contributed by atoms with Gasteiger partial charge >= 0.3 is 0 Å². The van der Waals surface area contributed by atoms with E-state index in [1.165, 1.54) is 6.07 Å². The van der Waals surface area contributed by atoms with Gasteiger partial charge in [-0.05, 0) is 17.7 Å². The van der Waals surface area contributed by atoms with E-state index in [1.54, 1.807) is 24.3 Å². The van der Waals surface area contributed by atoms with Gasteiger partial charge in [-0.1, -0.05) is 30.3 Å². The van der Waals surface area contributed by atoms with Gasteiger partial charge in [0.15, 0.2) is 11.6 Å². The molecule has 0 fully saturated rings. The molecule has 2 rings (SSSR count). The minimum Gasteiger partial charge on any atom is -0.282 e. The highest BCUT2D eigenvalue weighted by molar-refractivity contribution is 7.97. The Bertz CT molecular complexity index is 582. The first kappa shape index (κ1) is 12.8. The van der Waals surface area contributed by atoms with Crippen molar-refractivity contribution in [2.24, 2.45) is 0 Å². The molecule has 2 aromatic carbocycles. The van der Waals surface area contributed by atoms with E-state index >= 15 is 0 Å². The van der Waals surface area contributed by atoms with Gasteiger partial charge in [0.2, 0.25) is 5.12 Å². The lowest BCUT2D eigenvalue weighted by atomic mass is 9.99. The molecule has 2 aromatic rings. The van der Waals surface area contributed by atoms with Crippen molar-refractivity contribution in [3.05, 3.63) is 70.8 Å². The summed E-state index contributed by atoms with van der Waals surface area (Å²) < 4.78 is 27.0. The third-order valence-corrected chi connectivity index (χ3v) is 2.89. The van der Waals surface area contributed by atoms with Crippen LogP contribution in [0.5, 0.6) is 0 Å². The average Bonchev–Trinajstić information content (AvgIpc) is 2.36. The fourth-order valence-corrected chi connectivity index (χ4v) is 1.98. The van der Waals surface area contributed by atoms with Gasteiger partial charge in [0.05, 0.1) is 0 Å². The molecule has 0 heterocycles. The van der Waals surface area contributed by atoms with Crippen molar-refractivity contribution < 1.29 is 13.6 Å². The van der Waals surface area contributed by atoms with Gasteiger partial charge in [0, 0.05) is 17.5 Å². The van der Waals surface area contributed by atoms with Crippen molar-refractivity contribution in [3.8, 4) is 0 Å². The van der Waals surface area contributed by atoms with Crippen LogP contribution in [0.1, 0.15) is 21.5 Å². The fraction of sp³-hybridized carbons (Fsp3) is 0.0714. The molecule has 0 aromatic heterocycles. The summed E-state index contributed by atoms with van der Waals surface area (Å²) in [6.07, 6.45) is 0.159. The van der Waals surface area contributed by atoms with Crippen LogP contribution in [0.4, 0.5) is 8.78 Å². The summed E-state index contributed by atoms with van der Waals surface area (Å²) >= 11 is 3.68. The van der Waals surface area contributed by atoms with E-state index in [0.717, 1.165) is 11.6 Å². The molecule has 18 heavy (non-hydrogen) atoms. The molecular formula is C14H10F2OS. The number of rotatable bonds is 3. The summed E-state index contributed by atoms with van der Waals surface area (Å²) in [6, 6.07) is 11.2. The lowest BCUT2D eigenvalue weighted by Crippen LogP contribution is -2.04. The van der Waals surface area contributed by atoms with E-state index in [-0.39, 0.29) is 17.5 Å². The lowest BCUT2D eigenvalue weighted by molar-refractivity contribution is 0.109. The molecule has 0 saturated heterocycles. The minimum atomic E-state index is -0.987. The average molecular weight is 264 g/mol. The summed E-state index contributed by atoms with van der Waals surface area (Å²) in [5, 5.41) is -0.570. The second-order valence-electron chi connectivity index (χ2n) is 3.86. The normalized spacial score (nSPS) is 10.4. The number of carbonyl (C=O) groups excluding carboxylic acids is 1. The number of hydrogen-bond acceptors (Lipinski definition) is 1. The van der Waals surface area contributed by atoms with Gasteiger partial charge in [-0.2, -0.15) is 0 Å². The summed E-state index contributed by atoms with van der Waals surface area (Å²) in [7, 11) is 0. The quantitative estimate of drug-likeness (QED) is 0.838. The van der Waals surface area contributed by atoms with Crippen molar-refractivity contribution in [1.29, 1.82) is 0 Å². The van der Waals surface area contributed by atoms with E-state index in [2.05, 4.69) is 12.6 Å². The molecule has 0 aliphatic rings. The largest absolute Gasteiger partial charge is 0.282 e. The molecule has 92 valence electrons. The van der Waals surface area contributed by atoms with Gasteiger partial charge in [-0.3, -0.25) is 4.79 Å². The molecule has 0 spiro atoms. The zero-order chi connectivity index (χ0) is 13.1. The van der Waals surface area contributed by atoms with Crippen LogP contribution in [0, 0.1) is 11.6 Å². The molecule has 0 bridgehead atoms. The second-order valence-corrected chi connectivity index (χ2v) is 4.26. The van der Waals surface area contributed by atoms with Gasteiger partial charge in [-0.15, -0.1) is 12.6 Å². The van der Waals surface area contributed by atoms with Crippen LogP contribution in [0.15, 0.2) is 42.5 Å². The molecule has 1 nitrogen and oxygen atoms in total. The lowest BCUT2D eigenvalue weighted by Gasteiger charge is -2.08. The van der Waals surface area contributed by atoms with E-state index in [1.807, 2.05) is 6.07 Å². The van der Waals surface area contributed by atoms with Gasteiger partial charge in [0.1, 0.15) is 0 Å². The zero-order valence-electron chi connectivity index (χ0n) is 9.36. The maximum atomic E-state index is 13.7. The first-order valence-electron chi connectivity index (χ1n) is 5.33. The Morgan fingerprint density at radius 1 is 1.06 bits per heavy atom. The molecule has 0 aliphatic heterocycles. The summed E-state index contributed by atoms with van der Waals surface area (Å²) in [5.41, 5.74) is 0.945. The topological polar surface area (TPSA) is 17.1 Å². The predicted octanol–water partition coefficient (Wildman–Crippen LogP) is 3.63. The molecule has 4 heteroatoms. The molecule has 0 amide bonds. The maximum absolute atomic E-state index is 13.7. The molecule has 0 saturated carbocycles.